The highest BCUT2D eigenvalue weighted by atomic mass is 127. The van der Waals surface area contributed by atoms with E-state index in [2.05, 4.69) is 10.3 Å². The molecular formula is C21H28FIN4O2. The summed E-state index contributed by atoms with van der Waals surface area (Å²) in [5, 5.41) is 3.26. The van der Waals surface area contributed by atoms with Crippen LogP contribution in [0.5, 0.6) is 5.75 Å². The molecule has 3 N–H and O–H groups in total. The molecule has 0 aliphatic heterocycles. The molecule has 0 saturated carbocycles. The number of primary amides is 1. The SMILES string of the molecule is CCNC(=NCCc1ccc(OCC(N)=O)cc1)N(C)Cc1cccc(F)c1.I. The zero-order valence-electron chi connectivity index (χ0n) is 16.7. The van der Waals surface area contributed by atoms with Gasteiger partial charge in [0.15, 0.2) is 12.6 Å². The normalized spacial score (nSPS) is 10.8. The standard InChI is InChI=1S/C21H27FN4O2.HI/c1-3-24-21(26(2)14-17-5-4-6-18(22)13-17)25-12-11-16-7-9-19(10-8-16)28-15-20(23)27;/h4-10,13H,3,11-12,14-15H2,1-2H3,(H2,23,27)(H,24,25);1H. The summed E-state index contributed by atoms with van der Waals surface area (Å²) in [6, 6.07) is 14.1. The number of hydrogen-bond donors (Lipinski definition) is 2. The molecule has 0 atom stereocenters. The Morgan fingerprint density at radius 1 is 1.21 bits per heavy atom. The van der Waals surface area contributed by atoms with Crippen LogP contribution in [0.25, 0.3) is 0 Å². The predicted molar refractivity (Wildman–Crippen MR) is 124 cm³/mol. The first-order valence-electron chi connectivity index (χ1n) is 9.22. The van der Waals surface area contributed by atoms with Crippen LogP contribution in [0.15, 0.2) is 53.5 Å². The van der Waals surface area contributed by atoms with Gasteiger partial charge < -0.3 is 20.7 Å². The van der Waals surface area contributed by atoms with Crippen LogP contribution in [0, 0.1) is 5.82 Å². The smallest absolute Gasteiger partial charge is 0.255 e. The van der Waals surface area contributed by atoms with E-state index in [1.54, 1.807) is 6.07 Å². The molecule has 2 rings (SSSR count). The second-order valence-corrected chi connectivity index (χ2v) is 6.37. The van der Waals surface area contributed by atoms with Gasteiger partial charge in [-0.15, -0.1) is 24.0 Å². The van der Waals surface area contributed by atoms with E-state index in [4.69, 9.17) is 10.5 Å². The van der Waals surface area contributed by atoms with Gasteiger partial charge in [-0.05, 0) is 48.7 Å². The number of hydrogen-bond acceptors (Lipinski definition) is 3. The Morgan fingerprint density at radius 3 is 2.55 bits per heavy atom. The maximum Gasteiger partial charge on any atom is 0.255 e. The number of carbonyl (C=O) groups excluding carboxylic acids is 1. The van der Waals surface area contributed by atoms with Gasteiger partial charge in [0.1, 0.15) is 11.6 Å². The van der Waals surface area contributed by atoms with E-state index in [1.165, 1.54) is 12.1 Å². The topological polar surface area (TPSA) is 80.0 Å². The monoisotopic (exact) mass is 514 g/mol. The lowest BCUT2D eigenvalue weighted by Crippen LogP contribution is -2.38. The summed E-state index contributed by atoms with van der Waals surface area (Å²) in [6.45, 7) is 3.80. The minimum absolute atomic E-state index is 0. The summed E-state index contributed by atoms with van der Waals surface area (Å²) in [4.78, 5) is 17.4. The second kappa shape index (κ2) is 13.0. The van der Waals surface area contributed by atoms with Crippen LogP contribution in [0.3, 0.4) is 0 Å². The van der Waals surface area contributed by atoms with Crippen molar-refractivity contribution in [2.45, 2.75) is 19.9 Å². The molecule has 0 bridgehead atoms. The third-order valence-electron chi connectivity index (χ3n) is 3.97. The van der Waals surface area contributed by atoms with E-state index in [0.29, 0.717) is 18.8 Å². The summed E-state index contributed by atoms with van der Waals surface area (Å²) in [6.07, 6.45) is 0.763. The van der Waals surface area contributed by atoms with Crippen molar-refractivity contribution in [1.82, 2.24) is 10.2 Å². The van der Waals surface area contributed by atoms with Crippen molar-refractivity contribution in [2.75, 3.05) is 26.7 Å². The molecule has 8 heteroatoms. The van der Waals surface area contributed by atoms with Gasteiger partial charge >= 0.3 is 0 Å². The Bertz CT molecular complexity index is 800. The highest BCUT2D eigenvalue weighted by molar-refractivity contribution is 14.0. The number of halogens is 2. The average Bonchev–Trinajstić information content (AvgIpc) is 2.66. The fourth-order valence-corrected chi connectivity index (χ4v) is 2.65. The number of nitrogens with zero attached hydrogens (tertiary/aromatic N) is 2. The first-order valence-corrected chi connectivity index (χ1v) is 9.22. The third kappa shape index (κ3) is 9.12. The highest BCUT2D eigenvalue weighted by Gasteiger charge is 2.07. The Hall–Kier alpha value is -2.36. The number of ether oxygens (including phenoxy) is 1. The van der Waals surface area contributed by atoms with E-state index < -0.39 is 5.91 Å². The van der Waals surface area contributed by atoms with Crippen molar-refractivity contribution < 1.29 is 13.9 Å². The molecule has 1 amide bonds. The van der Waals surface area contributed by atoms with Gasteiger partial charge in [-0.25, -0.2) is 4.39 Å². The van der Waals surface area contributed by atoms with Crippen molar-refractivity contribution in [1.29, 1.82) is 0 Å². The Morgan fingerprint density at radius 2 is 1.93 bits per heavy atom. The minimum Gasteiger partial charge on any atom is -0.484 e. The maximum atomic E-state index is 13.4. The molecule has 0 saturated heterocycles. The molecule has 0 spiro atoms. The Kier molecular flexibility index (Phi) is 11.0. The van der Waals surface area contributed by atoms with E-state index in [9.17, 15) is 9.18 Å². The molecule has 6 nitrogen and oxygen atoms in total. The first-order chi connectivity index (χ1) is 13.5. The van der Waals surface area contributed by atoms with Gasteiger partial charge in [-0.3, -0.25) is 9.79 Å². The minimum atomic E-state index is -0.503. The summed E-state index contributed by atoms with van der Waals surface area (Å²) in [5.74, 6) is 0.634. The van der Waals surface area contributed by atoms with Crippen LogP contribution in [-0.4, -0.2) is 43.5 Å². The van der Waals surface area contributed by atoms with Crippen LogP contribution < -0.4 is 15.8 Å². The number of guanidine groups is 1. The van der Waals surface area contributed by atoms with E-state index in [-0.39, 0.29) is 36.4 Å². The van der Waals surface area contributed by atoms with Crippen LogP contribution >= 0.6 is 24.0 Å². The zero-order valence-corrected chi connectivity index (χ0v) is 19.1. The number of carbonyl (C=O) groups is 1. The summed E-state index contributed by atoms with van der Waals surface area (Å²) < 4.78 is 18.6. The lowest BCUT2D eigenvalue weighted by atomic mass is 10.1. The molecule has 0 heterocycles. The lowest BCUT2D eigenvalue weighted by Gasteiger charge is -2.22. The molecule has 0 radical (unpaired) electrons. The predicted octanol–water partition coefficient (Wildman–Crippen LogP) is 2.95. The van der Waals surface area contributed by atoms with E-state index in [0.717, 1.165) is 30.1 Å². The zero-order chi connectivity index (χ0) is 20.4. The number of benzene rings is 2. The molecule has 0 aliphatic rings. The number of rotatable bonds is 9. The lowest BCUT2D eigenvalue weighted by molar-refractivity contribution is -0.119. The molecule has 2 aromatic rings. The second-order valence-electron chi connectivity index (χ2n) is 6.37. The number of amides is 1. The summed E-state index contributed by atoms with van der Waals surface area (Å²) in [5.41, 5.74) is 7.06. The van der Waals surface area contributed by atoms with Crippen molar-refractivity contribution in [3.8, 4) is 5.75 Å². The van der Waals surface area contributed by atoms with Crippen LogP contribution in [0.4, 0.5) is 4.39 Å². The third-order valence-corrected chi connectivity index (χ3v) is 3.97. The molecule has 0 aliphatic carbocycles. The molecule has 2 aromatic carbocycles. The molecule has 29 heavy (non-hydrogen) atoms. The molecule has 158 valence electrons. The van der Waals surface area contributed by atoms with Gasteiger partial charge in [-0.2, -0.15) is 0 Å². The van der Waals surface area contributed by atoms with Gasteiger partial charge in [0, 0.05) is 26.7 Å². The van der Waals surface area contributed by atoms with Crippen molar-refractivity contribution in [2.24, 2.45) is 10.7 Å². The number of aliphatic imine (C=N–C) groups is 1. The van der Waals surface area contributed by atoms with Gasteiger partial charge in [0.05, 0.1) is 0 Å². The van der Waals surface area contributed by atoms with Crippen molar-refractivity contribution in [3.63, 3.8) is 0 Å². The van der Waals surface area contributed by atoms with Gasteiger partial charge in [-0.1, -0.05) is 24.3 Å². The van der Waals surface area contributed by atoms with Crippen LogP contribution in [-0.2, 0) is 17.8 Å². The fourth-order valence-electron chi connectivity index (χ4n) is 2.65. The highest BCUT2D eigenvalue weighted by Crippen LogP contribution is 2.12. The fraction of sp³-hybridized carbons (Fsp3) is 0.333. The van der Waals surface area contributed by atoms with Crippen LogP contribution in [0.1, 0.15) is 18.1 Å². The summed E-state index contributed by atoms with van der Waals surface area (Å²) >= 11 is 0. The summed E-state index contributed by atoms with van der Waals surface area (Å²) in [7, 11) is 1.93. The molecule has 0 unspecified atom stereocenters. The Labute approximate surface area is 188 Å². The Balaban J connectivity index is 0.00000420. The molecule has 0 aromatic heterocycles. The molecular weight excluding hydrogens is 486 g/mol. The van der Waals surface area contributed by atoms with E-state index in [1.807, 2.05) is 49.2 Å². The number of nitrogens with one attached hydrogen (secondary N) is 1. The van der Waals surface area contributed by atoms with Crippen molar-refractivity contribution >= 4 is 35.8 Å². The maximum absolute atomic E-state index is 13.4. The number of nitrogens with two attached hydrogens (primary N) is 1. The van der Waals surface area contributed by atoms with Crippen LogP contribution in [0.2, 0.25) is 0 Å². The van der Waals surface area contributed by atoms with Crippen molar-refractivity contribution in [3.05, 3.63) is 65.5 Å². The van der Waals surface area contributed by atoms with E-state index >= 15 is 0 Å². The quantitative estimate of drug-likeness (QED) is 0.307. The first kappa shape index (κ1) is 24.7. The molecule has 0 fully saturated rings. The average molecular weight is 514 g/mol. The largest absolute Gasteiger partial charge is 0.484 e. The van der Waals surface area contributed by atoms with Gasteiger partial charge in [0.2, 0.25) is 0 Å². The van der Waals surface area contributed by atoms with Gasteiger partial charge in [0.25, 0.3) is 5.91 Å².